The maximum Gasteiger partial charge on any atom is 0.178 e. The van der Waals surface area contributed by atoms with Crippen LogP contribution in [0.4, 0.5) is 5.69 Å². The fourth-order valence-electron chi connectivity index (χ4n) is 2.73. The SMILES string of the molecule is CCCS(=O)(=O)c1ccc(N2CCCCC2CBr)cc1. The quantitative estimate of drug-likeness (QED) is 0.753. The van der Waals surface area contributed by atoms with Crippen LogP contribution >= 0.6 is 15.9 Å². The fourth-order valence-corrected chi connectivity index (χ4v) is 4.73. The zero-order valence-electron chi connectivity index (χ0n) is 11.9. The van der Waals surface area contributed by atoms with Gasteiger partial charge in [-0.05, 0) is 49.9 Å². The summed E-state index contributed by atoms with van der Waals surface area (Å²) in [5, 5.41) is 0.961. The number of alkyl halides is 1. The molecule has 0 aliphatic carbocycles. The Bertz CT molecular complexity index is 527. The predicted octanol–water partition coefficient (Wildman–Crippen LogP) is 3.62. The summed E-state index contributed by atoms with van der Waals surface area (Å²) in [7, 11) is -3.10. The topological polar surface area (TPSA) is 37.4 Å². The molecule has 0 radical (unpaired) electrons. The van der Waals surface area contributed by atoms with Gasteiger partial charge in [-0.15, -0.1) is 0 Å². The second-order valence-electron chi connectivity index (χ2n) is 5.31. The van der Waals surface area contributed by atoms with Crippen LogP contribution in [0.2, 0.25) is 0 Å². The Labute approximate surface area is 130 Å². The highest BCUT2D eigenvalue weighted by molar-refractivity contribution is 9.09. The highest BCUT2D eigenvalue weighted by Crippen LogP contribution is 2.27. The van der Waals surface area contributed by atoms with Crippen LogP contribution in [0.1, 0.15) is 32.6 Å². The number of hydrogen-bond acceptors (Lipinski definition) is 3. The first-order valence-corrected chi connectivity index (χ1v) is 10.0. The van der Waals surface area contributed by atoms with E-state index in [0.717, 1.165) is 17.6 Å². The maximum absolute atomic E-state index is 12.0. The average Bonchev–Trinajstić information content (AvgIpc) is 2.47. The fraction of sp³-hybridized carbons (Fsp3) is 0.600. The lowest BCUT2D eigenvalue weighted by atomic mass is 10.0. The molecular weight excluding hydrogens is 338 g/mol. The van der Waals surface area contributed by atoms with Gasteiger partial charge in [0.1, 0.15) is 0 Å². The second kappa shape index (κ2) is 6.94. The summed E-state index contributed by atoms with van der Waals surface area (Å²) in [6, 6.07) is 7.91. The number of halogens is 1. The number of nitrogens with zero attached hydrogens (tertiary/aromatic N) is 1. The first-order valence-electron chi connectivity index (χ1n) is 7.24. The minimum atomic E-state index is -3.10. The van der Waals surface area contributed by atoms with Crippen LogP contribution in [0.3, 0.4) is 0 Å². The van der Waals surface area contributed by atoms with Gasteiger partial charge in [0.25, 0.3) is 0 Å². The molecule has 1 aromatic rings. The summed E-state index contributed by atoms with van der Waals surface area (Å²) < 4.78 is 24.0. The molecule has 1 fully saturated rings. The molecule has 1 unspecified atom stereocenters. The molecule has 0 amide bonds. The van der Waals surface area contributed by atoms with Crippen molar-refractivity contribution in [3.63, 3.8) is 0 Å². The summed E-state index contributed by atoms with van der Waals surface area (Å²) in [6.45, 7) is 2.94. The van der Waals surface area contributed by atoms with Crippen molar-refractivity contribution in [3.05, 3.63) is 24.3 Å². The summed E-state index contributed by atoms with van der Waals surface area (Å²) >= 11 is 3.58. The van der Waals surface area contributed by atoms with Crippen molar-refractivity contribution in [2.45, 2.75) is 43.5 Å². The molecule has 2 rings (SSSR count). The Morgan fingerprint density at radius 3 is 2.55 bits per heavy atom. The first-order chi connectivity index (χ1) is 9.58. The first kappa shape index (κ1) is 15.8. The monoisotopic (exact) mass is 359 g/mol. The smallest absolute Gasteiger partial charge is 0.178 e. The van der Waals surface area contributed by atoms with Crippen molar-refractivity contribution in [2.24, 2.45) is 0 Å². The van der Waals surface area contributed by atoms with E-state index >= 15 is 0 Å². The molecule has 0 saturated carbocycles. The molecule has 0 spiro atoms. The van der Waals surface area contributed by atoms with E-state index in [1.807, 2.05) is 19.1 Å². The number of anilines is 1. The van der Waals surface area contributed by atoms with Crippen LogP contribution in [0.5, 0.6) is 0 Å². The highest BCUT2D eigenvalue weighted by atomic mass is 79.9. The molecule has 0 aromatic heterocycles. The molecule has 1 heterocycles. The zero-order valence-corrected chi connectivity index (χ0v) is 14.3. The van der Waals surface area contributed by atoms with Gasteiger partial charge in [-0.3, -0.25) is 0 Å². The molecule has 1 aliphatic rings. The van der Waals surface area contributed by atoms with Crippen molar-refractivity contribution in [1.29, 1.82) is 0 Å². The van der Waals surface area contributed by atoms with Gasteiger partial charge in [-0.1, -0.05) is 22.9 Å². The number of hydrogen-bond donors (Lipinski definition) is 0. The van der Waals surface area contributed by atoms with E-state index in [2.05, 4.69) is 20.8 Å². The van der Waals surface area contributed by atoms with Crippen molar-refractivity contribution < 1.29 is 8.42 Å². The summed E-state index contributed by atoms with van der Waals surface area (Å²) in [6.07, 6.45) is 4.33. The summed E-state index contributed by atoms with van der Waals surface area (Å²) in [5.74, 6) is 0.222. The molecule has 5 heteroatoms. The Balaban J connectivity index is 2.19. The number of piperidine rings is 1. The Hall–Kier alpha value is -0.550. The number of sulfone groups is 1. The van der Waals surface area contributed by atoms with E-state index < -0.39 is 9.84 Å². The molecule has 3 nitrogen and oxygen atoms in total. The zero-order chi connectivity index (χ0) is 14.6. The Morgan fingerprint density at radius 1 is 1.25 bits per heavy atom. The van der Waals surface area contributed by atoms with Gasteiger partial charge >= 0.3 is 0 Å². The van der Waals surface area contributed by atoms with Gasteiger partial charge in [0.15, 0.2) is 9.84 Å². The molecule has 1 atom stereocenters. The summed E-state index contributed by atoms with van der Waals surface area (Å²) in [4.78, 5) is 2.82. The van der Waals surface area contributed by atoms with Crippen LogP contribution in [-0.2, 0) is 9.84 Å². The van der Waals surface area contributed by atoms with E-state index in [9.17, 15) is 8.42 Å². The third-order valence-corrected chi connectivity index (χ3v) is 6.49. The van der Waals surface area contributed by atoms with Gasteiger partial charge in [0, 0.05) is 23.6 Å². The van der Waals surface area contributed by atoms with Crippen molar-refractivity contribution in [3.8, 4) is 0 Å². The second-order valence-corrected chi connectivity index (χ2v) is 8.07. The number of rotatable bonds is 5. The lowest BCUT2D eigenvalue weighted by Crippen LogP contribution is -2.40. The Kier molecular flexibility index (Phi) is 5.49. The van der Waals surface area contributed by atoms with Gasteiger partial charge in [0.2, 0.25) is 0 Å². The van der Waals surface area contributed by atoms with Gasteiger partial charge in [0.05, 0.1) is 10.6 Å². The highest BCUT2D eigenvalue weighted by Gasteiger charge is 2.22. The third-order valence-electron chi connectivity index (χ3n) is 3.81. The molecule has 1 aromatic carbocycles. The van der Waals surface area contributed by atoms with Crippen LogP contribution in [0, 0.1) is 0 Å². The normalized spacial score (nSPS) is 20.1. The third kappa shape index (κ3) is 3.55. The van der Waals surface area contributed by atoms with Crippen LogP contribution in [0.15, 0.2) is 29.2 Å². The molecule has 1 aliphatic heterocycles. The number of benzene rings is 1. The summed E-state index contributed by atoms with van der Waals surface area (Å²) in [5.41, 5.74) is 1.13. The average molecular weight is 360 g/mol. The van der Waals surface area contributed by atoms with Crippen LogP contribution < -0.4 is 4.90 Å². The largest absolute Gasteiger partial charge is 0.368 e. The van der Waals surface area contributed by atoms with Gasteiger partial charge in [-0.2, -0.15) is 0 Å². The van der Waals surface area contributed by atoms with Gasteiger partial charge < -0.3 is 4.90 Å². The molecule has 0 bridgehead atoms. The molecular formula is C15H22BrNO2S. The minimum Gasteiger partial charge on any atom is -0.368 e. The van der Waals surface area contributed by atoms with Crippen molar-refractivity contribution in [1.82, 2.24) is 0 Å². The van der Waals surface area contributed by atoms with Gasteiger partial charge in [-0.25, -0.2) is 8.42 Å². The lowest BCUT2D eigenvalue weighted by Gasteiger charge is -2.36. The van der Waals surface area contributed by atoms with E-state index in [4.69, 9.17) is 0 Å². The van der Waals surface area contributed by atoms with E-state index in [1.165, 1.54) is 19.3 Å². The Morgan fingerprint density at radius 2 is 1.95 bits per heavy atom. The standard InChI is InChI=1S/C15H22BrNO2S/c1-2-11-20(18,19)15-8-6-13(7-9-15)17-10-4-3-5-14(17)12-16/h6-9,14H,2-5,10-12H2,1H3. The lowest BCUT2D eigenvalue weighted by molar-refractivity contribution is 0.491. The molecule has 0 N–H and O–H groups in total. The molecule has 20 heavy (non-hydrogen) atoms. The van der Waals surface area contributed by atoms with Crippen molar-refractivity contribution >= 4 is 31.5 Å². The van der Waals surface area contributed by atoms with E-state index in [1.54, 1.807) is 12.1 Å². The molecule has 1 saturated heterocycles. The van der Waals surface area contributed by atoms with E-state index in [0.29, 0.717) is 17.4 Å². The predicted molar refractivity (Wildman–Crippen MR) is 87.6 cm³/mol. The van der Waals surface area contributed by atoms with Crippen LogP contribution in [0.25, 0.3) is 0 Å². The van der Waals surface area contributed by atoms with Crippen LogP contribution in [-0.4, -0.2) is 32.1 Å². The maximum atomic E-state index is 12.0. The van der Waals surface area contributed by atoms with E-state index in [-0.39, 0.29) is 5.75 Å². The molecule has 112 valence electrons. The van der Waals surface area contributed by atoms with Crippen molar-refractivity contribution in [2.75, 3.05) is 22.5 Å². The minimum absolute atomic E-state index is 0.222.